The average Bonchev–Trinajstić information content (AvgIpc) is 2.83. The Morgan fingerprint density at radius 1 is 1.48 bits per heavy atom. The van der Waals surface area contributed by atoms with Crippen LogP contribution in [-0.4, -0.2) is 55.6 Å². The maximum absolute atomic E-state index is 9.73. The van der Waals surface area contributed by atoms with Gasteiger partial charge in [0.1, 0.15) is 24.6 Å². The van der Waals surface area contributed by atoms with Crippen LogP contribution in [0.15, 0.2) is 18.2 Å². The van der Waals surface area contributed by atoms with Gasteiger partial charge in [-0.05, 0) is 23.4 Å². The number of nitrogens with one attached hydrogen (secondary N) is 1. The monoisotopic (exact) mass is 313 g/mol. The molecular formula is C13H17BClNO5. The Hall–Kier alpha value is -0.825. The molecule has 3 rings (SSSR count). The van der Waals surface area contributed by atoms with Crippen LogP contribution in [0.25, 0.3) is 0 Å². The normalized spacial score (nSPS) is 25.8. The van der Waals surface area contributed by atoms with Crippen molar-refractivity contribution in [1.82, 2.24) is 4.84 Å². The first-order valence-electron chi connectivity index (χ1n) is 6.89. The fourth-order valence-electron chi connectivity index (χ4n) is 2.77. The topological polar surface area (TPSA) is 80.2 Å². The van der Waals surface area contributed by atoms with Gasteiger partial charge in [0.2, 0.25) is 0 Å². The molecule has 114 valence electrons. The van der Waals surface area contributed by atoms with Crippen molar-refractivity contribution in [3.05, 3.63) is 23.8 Å². The molecule has 0 bridgehead atoms. The number of hydrogen-bond donors (Lipinski definition) is 3. The van der Waals surface area contributed by atoms with Crippen molar-refractivity contribution in [2.45, 2.75) is 18.3 Å². The number of aliphatic hydroxyl groups excluding tert-OH is 2. The zero-order chi connectivity index (χ0) is 14.8. The van der Waals surface area contributed by atoms with E-state index in [0.29, 0.717) is 13.1 Å². The molecule has 2 aliphatic rings. The quantitative estimate of drug-likeness (QED) is 0.507. The number of halogens is 1. The molecule has 6 nitrogen and oxygen atoms in total. The predicted molar refractivity (Wildman–Crippen MR) is 77.8 cm³/mol. The second-order valence-corrected chi connectivity index (χ2v) is 5.41. The molecule has 3 N–H and O–H groups in total. The Morgan fingerprint density at radius 3 is 3.10 bits per heavy atom. The minimum atomic E-state index is -0.976. The van der Waals surface area contributed by atoms with Gasteiger partial charge in [-0.3, -0.25) is 0 Å². The van der Waals surface area contributed by atoms with E-state index in [0.717, 1.165) is 16.8 Å². The maximum Gasteiger partial charge on any atom is 0.358 e. The molecule has 0 aromatic heterocycles. The molecule has 2 aliphatic heterocycles. The predicted octanol–water partition coefficient (Wildman–Crippen LogP) is -0.630. The lowest BCUT2D eigenvalue weighted by Gasteiger charge is -2.26. The van der Waals surface area contributed by atoms with E-state index in [1.165, 1.54) is 0 Å². The van der Waals surface area contributed by atoms with E-state index < -0.39 is 12.2 Å². The third kappa shape index (κ3) is 2.90. The Balaban J connectivity index is 1.87. The lowest BCUT2D eigenvalue weighted by atomic mass is 9.61. The van der Waals surface area contributed by atoms with Crippen molar-refractivity contribution in [1.29, 1.82) is 0 Å². The third-order valence-electron chi connectivity index (χ3n) is 3.84. The van der Waals surface area contributed by atoms with Gasteiger partial charge < -0.3 is 24.3 Å². The molecule has 0 spiro atoms. The van der Waals surface area contributed by atoms with E-state index in [2.05, 4.69) is 4.84 Å². The SMILES string of the molecule is OC[C@H](O)[C@@H]1COc2cccc3c2B(CO1)OC3CNCl. The van der Waals surface area contributed by atoms with Crippen LogP contribution in [0.3, 0.4) is 0 Å². The van der Waals surface area contributed by atoms with Gasteiger partial charge in [-0.2, -0.15) is 0 Å². The molecule has 0 aliphatic carbocycles. The summed E-state index contributed by atoms with van der Waals surface area (Å²) in [6, 6.07) is 5.77. The van der Waals surface area contributed by atoms with Crippen molar-refractivity contribution < 1.29 is 24.3 Å². The average molecular weight is 314 g/mol. The first-order chi connectivity index (χ1) is 10.2. The molecule has 0 fully saturated rings. The molecule has 3 atom stereocenters. The lowest BCUT2D eigenvalue weighted by Crippen LogP contribution is -2.45. The minimum absolute atomic E-state index is 0.158. The molecule has 0 saturated carbocycles. The van der Waals surface area contributed by atoms with Crippen LogP contribution < -0.4 is 15.0 Å². The minimum Gasteiger partial charge on any atom is -0.491 e. The van der Waals surface area contributed by atoms with Crippen LogP contribution in [-0.2, 0) is 9.39 Å². The number of aliphatic hydroxyl groups is 2. The van der Waals surface area contributed by atoms with Gasteiger partial charge in [-0.25, -0.2) is 4.84 Å². The van der Waals surface area contributed by atoms with Gasteiger partial charge in [0, 0.05) is 12.0 Å². The van der Waals surface area contributed by atoms with Gasteiger partial charge in [0.25, 0.3) is 0 Å². The highest BCUT2D eigenvalue weighted by atomic mass is 35.5. The zero-order valence-corrected chi connectivity index (χ0v) is 12.1. The highest BCUT2D eigenvalue weighted by molar-refractivity contribution is 6.69. The highest BCUT2D eigenvalue weighted by Crippen LogP contribution is 2.29. The Kier molecular flexibility index (Phi) is 4.68. The van der Waals surface area contributed by atoms with Crippen LogP contribution in [0, 0.1) is 0 Å². The summed E-state index contributed by atoms with van der Waals surface area (Å²) in [5.41, 5.74) is 2.02. The molecule has 21 heavy (non-hydrogen) atoms. The van der Waals surface area contributed by atoms with Crippen molar-refractivity contribution in [3.63, 3.8) is 0 Å². The zero-order valence-electron chi connectivity index (χ0n) is 11.4. The van der Waals surface area contributed by atoms with Crippen LogP contribution in [0.5, 0.6) is 5.75 Å². The number of rotatable bonds is 4. The summed E-state index contributed by atoms with van der Waals surface area (Å²) in [4.78, 5) is 2.59. The first-order valence-corrected chi connectivity index (χ1v) is 7.27. The van der Waals surface area contributed by atoms with Gasteiger partial charge in [0.05, 0.1) is 19.2 Å². The van der Waals surface area contributed by atoms with E-state index in [-0.39, 0.29) is 26.2 Å². The first kappa shape index (κ1) is 15.1. The summed E-state index contributed by atoms with van der Waals surface area (Å²) in [5, 5.41) is 18.8. The lowest BCUT2D eigenvalue weighted by molar-refractivity contribution is -0.0661. The van der Waals surface area contributed by atoms with Crippen LogP contribution in [0.2, 0.25) is 0 Å². The third-order valence-corrected chi connectivity index (χ3v) is 4.00. The van der Waals surface area contributed by atoms with Crippen molar-refractivity contribution in [2.24, 2.45) is 0 Å². The standard InChI is InChI=1S/C13H17BClNO5/c15-16-4-11-8-2-1-3-10-13(8)14(21-11)7-20-12(6-19-10)9(18)5-17/h1-3,9,11-12,16-18H,4-7H2/t9-,11?,12-/m0/s1. The summed E-state index contributed by atoms with van der Waals surface area (Å²) in [5.74, 6) is 0.730. The largest absolute Gasteiger partial charge is 0.491 e. The van der Waals surface area contributed by atoms with E-state index >= 15 is 0 Å². The van der Waals surface area contributed by atoms with Crippen LogP contribution in [0.4, 0.5) is 0 Å². The summed E-state index contributed by atoms with van der Waals surface area (Å²) < 4.78 is 17.3. The fraction of sp³-hybridized carbons (Fsp3) is 0.538. The van der Waals surface area contributed by atoms with Crippen LogP contribution >= 0.6 is 11.8 Å². The summed E-state index contributed by atoms with van der Waals surface area (Å²) in [6.07, 6.45) is -1.72. The molecule has 0 saturated heterocycles. The van der Waals surface area contributed by atoms with Gasteiger partial charge in [-0.15, -0.1) is 0 Å². The molecule has 1 aromatic carbocycles. The van der Waals surface area contributed by atoms with Crippen molar-refractivity contribution >= 4 is 24.2 Å². The maximum atomic E-state index is 9.73. The van der Waals surface area contributed by atoms with Gasteiger partial charge >= 0.3 is 6.92 Å². The summed E-state index contributed by atoms with van der Waals surface area (Å²) in [7, 11) is 0. The molecule has 0 radical (unpaired) electrons. The van der Waals surface area contributed by atoms with E-state index in [1.54, 1.807) is 0 Å². The summed E-state index contributed by atoms with van der Waals surface area (Å²) >= 11 is 5.59. The second kappa shape index (κ2) is 6.52. The van der Waals surface area contributed by atoms with Gasteiger partial charge in [-0.1, -0.05) is 12.1 Å². The molecule has 8 heteroatoms. The van der Waals surface area contributed by atoms with Crippen LogP contribution in [0.1, 0.15) is 11.7 Å². The molecule has 1 aromatic rings. The molecular weight excluding hydrogens is 296 g/mol. The van der Waals surface area contributed by atoms with E-state index in [9.17, 15) is 5.11 Å². The molecule has 0 amide bonds. The van der Waals surface area contributed by atoms with Crippen molar-refractivity contribution in [2.75, 3.05) is 26.3 Å². The smallest absolute Gasteiger partial charge is 0.358 e. The fourth-order valence-corrected chi connectivity index (χ4v) is 2.91. The molecule has 2 heterocycles. The van der Waals surface area contributed by atoms with E-state index in [1.807, 2.05) is 18.2 Å². The van der Waals surface area contributed by atoms with E-state index in [4.69, 9.17) is 31.0 Å². The highest BCUT2D eigenvalue weighted by Gasteiger charge is 2.40. The van der Waals surface area contributed by atoms with Crippen molar-refractivity contribution in [3.8, 4) is 5.75 Å². The number of benzene rings is 1. The number of hydrogen-bond acceptors (Lipinski definition) is 6. The summed E-state index contributed by atoms with van der Waals surface area (Å²) in [6.45, 7) is 0.333. The Labute approximate surface area is 128 Å². The Bertz CT molecular complexity index is 505. The second-order valence-electron chi connectivity index (χ2n) is 5.14. The number of ether oxygens (including phenoxy) is 2. The molecule has 1 unspecified atom stereocenters. The Morgan fingerprint density at radius 2 is 2.33 bits per heavy atom. The van der Waals surface area contributed by atoms with Gasteiger partial charge in [0.15, 0.2) is 0 Å².